The normalized spacial score (nSPS) is 17.8. The molecule has 0 aliphatic carbocycles. The third-order valence-electron chi connectivity index (χ3n) is 3.42. The van der Waals surface area contributed by atoms with Crippen molar-refractivity contribution in [3.63, 3.8) is 0 Å². The number of aliphatic hydroxyl groups is 1. The lowest BCUT2D eigenvalue weighted by Gasteiger charge is -2.27. The fraction of sp³-hybridized carbons (Fsp3) is 0.250. The van der Waals surface area contributed by atoms with Crippen LogP contribution in [0.15, 0.2) is 48.5 Å². The van der Waals surface area contributed by atoms with Crippen LogP contribution in [0.4, 0.5) is 5.69 Å². The van der Waals surface area contributed by atoms with E-state index in [4.69, 9.17) is 0 Å². The molecule has 3 heteroatoms. The molecule has 0 bridgehead atoms. The molecule has 1 atom stereocenters. The molecule has 0 spiro atoms. The first kappa shape index (κ1) is 12.6. The molecule has 0 radical (unpaired) electrons. The molecule has 0 saturated carbocycles. The molecule has 0 amide bonds. The topological polar surface area (TPSA) is 32.3 Å². The van der Waals surface area contributed by atoms with E-state index in [9.17, 15) is 5.11 Å². The zero-order valence-electron chi connectivity index (χ0n) is 10.7. The Labute approximate surface area is 117 Å². The van der Waals surface area contributed by atoms with Gasteiger partial charge in [-0.2, -0.15) is 11.8 Å². The first-order chi connectivity index (χ1) is 9.36. The predicted octanol–water partition coefficient (Wildman–Crippen LogP) is 3.58. The maximum absolute atomic E-state index is 9.19. The largest absolute Gasteiger partial charge is 0.392 e. The molecule has 2 aromatic rings. The smallest absolute Gasteiger partial charge is 0.0682 e. The SMILES string of the molecule is OCc1cccc(NC2CSCc3ccccc32)c1. The van der Waals surface area contributed by atoms with Gasteiger partial charge >= 0.3 is 0 Å². The first-order valence-corrected chi connectivity index (χ1v) is 7.64. The number of aliphatic hydroxyl groups excluding tert-OH is 1. The van der Waals surface area contributed by atoms with Gasteiger partial charge in [0.15, 0.2) is 0 Å². The minimum atomic E-state index is 0.0888. The van der Waals surface area contributed by atoms with E-state index in [0.717, 1.165) is 22.8 Å². The van der Waals surface area contributed by atoms with Crippen LogP contribution in [0.2, 0.25) is 0 Å². The molecule has 1 aliphatic heterocycles. The quantitative estimate of drug-likeness (QED) is 0.895. The highest BCUT2D eigenvalue weighted by molar-refractivity contribution is 7.98. The van der Waals surface area contributed by atoms with Crippen molar-refractivity contribution in [1.29, 1.82) is 0 Å². The second kappa shape index (κ2) is 5.68. The number of rotatable bonds is 3. The highest BCUT2D eigenvalue weighted by Gasteiger charge is 2.19. The average Bonchev–Trinajstić information content (AvgIpc) is 2.48. The molecule has 1 aliphatic rings. The fourth-order valence-corrected chi connectivity index (χ4v) is 3.56. The monoisotopic (exact) mass is 271 g/mol. The number of fused-ring (bicyclic) bond motifs is 1. The zero-order valence-corrected chi connectivity index (χ0v) is 11.5. The van der Waals surface area contributed by atoms with Crippen LogP contribution in [-0.4, -0.2) is 10.9 Å². The number of hydrogen-bond acceptors (Lipinski definition) is 3. The van der Waals surface area contributed by atoms with Crippen molar-refractivity contribution in [1.82, 2.24) is 0 Å². The molecule has 1 unspecified atom stereocenters. The van der Waals surface area contributed by atoms with Gasteiger partial charge in [-0.05, 0) is 28.8 Å². The number of hydrogen-bond donors (Lipinski definition) is 2. The summed E-state index contributed by atoms with van der Waals surface area (Å²) in [6.07, 6.45) is 0. The van der Waals surface area contributed by atoms with Gasteiger partial charge in [-0.25, -0.2) is 0 Å². The van der Waals surface area contributed by atoms with Crippen molar-refractivity contribution in [3.05, 3.63) is 65.2 Å². The lowest BCUT2D eigenvalue weighted by atomic mass is 10.0. The van der Waals surface area contributed by atoms with E-state index >= 15 is 0 Å². The summed E-state index contributed by atoms with van der Waals surface area (Å²) in [6, 6.07) is 17.0. The predicted molar refractivity (Wildman–Crippen MR) is 81.3 cm³/mol. The van der Waals surface area contributed by atoms with E-state index < -0.39 is 0 Å². The lowest BCUT2D eigenvalue weighted by molar-refractivity contribution is 0.282. The maximum Gasteiger partial charge on any atom is 0.0682 e. The van der Waals surface area contributed by atoms with Gasteiger partial charge in [-0.1, -0.05) is 36.4 Å². The summed E-state index contributed by atoms with van der Waals surface area (Å²) in [4.78, 5) is 0. The van der Waals surface area contributed by atoms with Gasteiger partial charge < -0.3 is 10.4 Å². The van der Waals surface area contributed by atoms with Crippen molar-refractivity contribution in [2.24, 2.45) is 0 Å². The fourth-order valence-electron chi connectivity index (χ4n) is 2.46. The molecule has 0 aromatic heterocycles. The molecule has 2 N–H and O–H groups in total. The Morgan fingerprint density at radius 2 is 2.05 bits per heavy atom. The van der Waals surface area contributed by atoms with Gasteiger partial charge in [-0.15, -0.1) is 0 Å². The standard InChI is InChI=1S/C16H17NOS/c18-9-12-4-3-6-14(8-12)17-16-11-19-10-13-5-1-2-7-15(13)16/h1-8,16-18H,9-11H2. The molecular weight excluding hydrogens is 254 g/mol. The van der Waals surface area contributed by atoms with E-state index in [1.165, 1.54) is 11.1 Å². The van der Waals surface area contributed by atoms with Crippen LogP contribution >= 0.6 is 11.8 Å². The van der Waals surface area contributed by atoms with Crippen molar-refractivity contribution in [2.75, 3.05) is 11.1 Å². The van der Waals surface area contributed by atoms with Gasteiger partial charge in [0.25, 0.3) is 0 Å². The number of thioether (sulfide) groups is 1. The molecule has 0 saturated heterocycles. The van der Waals surface area contributed by atoms with Crippen molar-refractivity contribution in [3.8, 4) is 0 Å². The summed E-state index contributed by atoms with van der Waals surface area (Å²) in [5.74, 6) is 2.19. The summed E-state index contributed by atoms with van der Waals surface area (Å²) in [6.45, 7) is 0.0888. The van der Waals surface area contributed by atoms with Crippen LogP contribution in [-0.2, 0) is 12.4 Å². The van der Waals surface area contributed by atoms with Crippen LogP contribution in [0.1, 0.15) is 22.7 Å². The Hall–Kier alpha value is -1.45. The number of benzene rings is 2. The van der Waals surface area contributed by atoms with E-state index in [2.05, 4.69) is 35.6 Å². The van der Waals surface area contributed by atoms with Crippen LogP contribution in [0.25, 0.3) is 0 Å². The molecule has 0 fully saturated rings. The highest BCUT2D eigenvalue weighted by Crippen LogP contribution is 2.33. The second-order valence-corrected chi connectivity index (χ2v) is 5.80. The van der Waals surface area contributed by atoms with E-state index in [0.29, 0.717) is 6.04 Å². The zero-order chi connectivity index (χ0) is 13.1. The van der Waals surface area contributed by atoms with Crippen LogP contribution in [0, 0.1) is 0 Å². The maximum atomic E-state index is 9.19. The minimum Gasteiger partial charge on any atom is -0.392 e. The highest BCUT2D eigenvalue weighted by atomic mass is 32.2. The van der Waals surface area contributed by atoms with Crippen LogP contribution in [0.3, 0.4) is 0 Å². The van der Waals surface area contributed by atoms with Crippen molar-refractivity contribution >= 4 is 17.4 Å². The lowest BCUT2D eigenvalue weighted by Crippen LogP contribution is -2.18. The molecule has 2 nitrogen and oxygen atoms in total. The summed E-state index contributed by atoms with van der Waals surface area (Å²) in [7, 11) is 0. The van der Waals surface area contributed by atoms with Crippen LogP contribution in [0.5, 0.6) is 0 Å². The summed E-state index contributed by atoms with van der Waals surface area (Å²) >= 11 is 1.96. The molecule has 98 valence electrons. The van der Waals surface area contributed by atoms with Gasteiger partial charge in [0.05, 0.1) is 12.6 Å². The van der Waals surface area contributed by atoms with E-state index in [1.807, 2.05) is 30.0 Å². The third kappa shape index (κ3) is 2.77. The Bertz CT molecular complexity index is 570. The Kier molecular flexibility index (Phi) is 3.76. The van der Waals surface area contributed by atoms with E-state index in [-0.39, 0.29) is 6.61 Å². The molecule has 2 aromatic carbocycles. The Balaban J connectivity index is 1.84. The number of anilines is 1. The Morgan fingerprint density at radius 1 is 1.16 bits per heavy atom. The number of nitrogens with one attached hydrogen (secondary N) is 1. The van der Waals surface area contributed by atoms with Crippen molar-refractivity contribution in [2.45, 2.75) is 18.4 Å². The van der Waals surface area contributed by atoms with Gasteiger partial charge in [0.1, 0.15) is 0 Å². The van der Waals surface area contributed by atoms with Gasteiger partial charge in [-0.3, -0.25) is 0 Å². The van der Waals surface area contributed by atoms with Crippen molar-refractivity contribution < 1.29 is 5.11 Å². The first-order valence-electron chi connectivity index (χ1n) is 6.49. The molecule has 19 heavy (non-hydrogen) atoms. The van der Waals surface area contributed by atoms with E-state index in [1.54, 1.807) is 0 Å². The van der Waals surface area contributed by atoms with Gasteiger partial charge in [0, 0.05) is 17.2 Å². The third-order valence-corrected chi connectivity index (χ3v) is 4.51. The average molecular weight is 271 g/mol. The summed E-state index contributed by atoms with van der Waals surface area (Å²) < 4.78 is 0. The molecular formula is C16H17NOS. The minimum absolute atomic E-state index is 0.0888. The summed E-state index contributed by atoms with van der Waals surface area (Å²) in [5.41, 5.74) is 4.85. The molecule has 1 heterocycles. The summed E-state index contributed by atoms with van der Waals surface area (Å²) in [5, 5.41) is 12.8. The molecule has 3 rings (SSSR count). The Morgan fingerprint density at radius 3 is 2.95 bits per heavy atom. The van der Waals surface area contributed by atoms with Gasteiger partial charge in [0.2, 0.25) is 0 Å². The second-order valence-electron chi connectivity index (χ2n) is 4.77. The van der Waals surface area contributed by atoms with Crippen LogP contribution < -0.4 is 5.32 Å².